The van der Waals surface area contributed by atoms with E-state index in [-0.39, 0.29) is 11.4 Å². The van der Waals surface area contributed by atoms with Crippen molar-refractivity contribution in [2.75, 3.05) is 11.1 Å². The number of alkyl halides is 3. The fourth-order valence-corrected chi connectivity index (χ4v) is 2.41. The first-order chi connectivity index (χ1) is 9.27. The van der Waals surface area contributed by atoms with Crippen LogP contribution >= 0.6 is 22.9 Å². The van der Waals surface area contributed by atoms with E-state index in [4.69, 9.17) is 17.3 Å². The van der Waals surface area contributed by atoms with E-state index in [0.717, 1.165) is 29.5 Å². The van der Waals surface area contributed by atoms with Crippen molar-refractivity contribution in [3.8, 4) is 0 Å². The van der Waals surface area contributed by atoms with Crippen LogP contribution in [0.1, 0.15) is 15.2 Å². The second-order valence-corrected chi connectivity index (χ2v) is 5.57. The average Bonchev–Trinajstić information content (AvgIpc) is 2.77. The first-order valence-corrected chi connectivity index (χ1v) is 6.50. The fourth-order valence-electron chi connectivity index (χ4n) is 1.47. The largest absolute Gasteiger partial charge is 0.416 e. The molecular weight excluding hydrogens is 313 g/mol. The van der Waals surface area contributed by atoms with Gasteiger partial charge in [-0.1, -0.05) is 11.6 Å². The van der Waals surface area contributed by atoms with E-state index < -0.39 is 17.6 Å². The van der Waals surface area contributed by atoms with Gasteiger partial charge in [0, 0.05) is 0 Å². The molecule has 0 unspecified atom stereocenters. The normalized spacial score (nSPS) is 11.4. The number of benzene rings is 1. The highest BCUT2D eigenvalue weighted by molar-refractivity contribution is 7.18. The fraction of sp³-hybridized carbons (Fsp3) is 0.0833. The van der Waals surface area contributed by atoms with Crippen LogP contribution in [0.3, 0.4) is 0 Å². The van der Waals surface area contributed by atoms with Gasteiger partial charge < -0.3 is 11.1 Å². The molecule has 2 rings (SSSR count). The van der Waals surface area contributed by atoms with Gasteiger partial charge in [0.25, 0.3) is 5.91 Å². The van der Waals surface area contributed by atoms with E-state index in [0.29, 0.717) is 9.21 Å². The number of anilines is 2. The van der Waals surface area contributed by atoms with Gasteiger partial charge in [0.15, 0.2) is 0 Å². The maximum atomic E-state index is 12.5. The molecule has 0 atom stereocenters. The summed E-state index contributed by atoms with van der Waals surface area (Å²) in [5.41, 5.74) is 4.61. The number of hydrogen-bond donors (Lipinski definition) is 2. The lowest BCUT2D eigenvalue weighted by atomic mass is 10.1. The smallest absolute Gasteiger partial charge is 0.397 e. The molecule has 0 bridgehead atoms. The van der Waals surface area contributed by atoms with Crippen LogP contribution in [0.15, 0.2) is 30.3 Å². The van der Waals surface area contributed by atoms with Crippen LogP contribution < -0.4 is 11.1 Å². The summed E-state index contributed by atoms with van der Waals surface area (Å²) in [6, 6.07) is 5.81. The predicted octanol–water partition coefficient (Wildman–Crippen LogP) is 4.25. The van der Waals surface area contributed by atoms with Crippen LogP contribution in [0, 0.1) is 0 Å². The van der Waals surface area contributed by atoms with Crippen LogP contribution in [0.4, 0.5) is 24.5 Å². The molecule has 0 radical (unpaired) electrons. The van der Waals surface area contributed by atoms with Crippen LogP contribution in [-0.2, 0) is 6.18 Å². The van der Waals surface area contributed by atoms with Crippen molar-refractivity contribution < 1.29 is 18.0 Å². The highest BCUT2D eigenvalue weighted by Crippen LogP contribution is 2.33. The van der Waals surface area contributed by atoms with E-state index in [2.05, 4.69) is 5.32 Å². The Labute approximate surface area is 121 Å². The number of thiophene rings is 1. The van der Waals surface area contributed by atoms with Gasteiger partial charge in [0.05, 0.1) is 26.2 Å². The molecule has 0 aliphatic carbocycles. The molecule has 106 valence electrons. The van der Waals surface area contributed by atoms with E-state index >= 15 is 0 Å². The van der Waals surface area contributed by atoms with Gasteiger partial charge in [-0.3, -0.25) is 4.79 Å². The Balaban J connectivity index is 2.20. The Morgan fingerprint density at radius 2 is 1.95 bits per heavy atom. The van der Waals surface area contributed by atoms with Crippen molar-refractivity contribution in [1.29, 1.82) is 0 Å². The summed E-state index contributed by atoms with van der Waals surface area (Å²) in [7, 11) is 0. The summed E-state index contributed by atoms with van der Waals surface area (Å²) < 4.78 is 37.9. The van der Waals surface area contributed by atoms with Crippen molar-refractivity contribution in [2.45, 2.75) is 6.18 Å². The van der Waals surface area contributed by atoms with Gasteiger partial charge in [-0.2, -0.15) is 13.2 Å². The topological polar surface area (TPSA) is 55.1 Å². The molecule has 20 heavy (non-hydrogen) atoms. The maximum Gasteiger partial charge on any atom is 0.416 e. The number of carbonyl (C=O) groups is 1. The minimum atomic E-state index is -4.47. The first kappa shape index (κ1) is 14.7. The van der Waals surface area contributed by atoms with E-state index in [1.54, 1.807) is 6.07 Å². The maximum absolute atomic E-state index is 12.5. The van der Waals surface area contributed by atoms with Crippen molar-refractivity contribution >= 4 is 40.2 Å². The summed E-state index contributed by atoms with van der Waals surface area (Å²) in [5.74, 6) is -0.478. The molecule has 1 aromatic carbocycles. The van der Waals surface area contributed by atoms with Crippen LogP contribution in [0.2, 0.25) is 4.34 Å². The number of carbonyl (C=O) groups excluding carboxylic acids is 1. The number of rotatable bonds is 2. The van der Waals surface area contributed by atoms with Crippen LogP contribution in [0.5, 0.6) is 0 Å². The highest BCUT2D eigenvalue weighted by Gasteiger charge is 2.30. The lowest BCUT2D eigenvalue weighted by Gasteiger charge is -2.11. The van der Waals surface area contributed by atoms with E-state index in [9.17, 15) is 18.0 Å². The Kier molecular flexibility index (Phi) is 3.92. The Morgan fingerprint density at radius 3 is 2.45 bits per heavy atom. The van der Waals surface area contributed by atoms with E-state index in [1.807, 2.05) is 0 Å². The zero-order valence-electron chi connectivity index (χ0n) is 9.79. The van der Waals surface area contributed by atoms with Crippen LogP contribution in [-0.4, -0.2) is 5.91 Å². The summed E-state index contributed by atoms with van der Waals surface area (Å²) in [6.45, 7) is 0. The molecule has 0 aliphatic heterocycles. The van der Waals surface area contributed by atoms with Gasteiger partial charge in [-0.05, 0) is 30.3 Å². The standard InChI is InChI=1S/C12H8ClF3N2OS/c13-10-4-3-9(20-10)11(19)18-8-2-1-6(5-7(8)17)12(14,15)16/h1-5H,17H2,(H,18,19). The quantitative estimate of drug-likeness (QED) is 0.812. The summed E-state index contributed by atoms with van der Waals surface area (Å²) in [6.07, 6.45) is -4.47. The number of nitrogens with one attached hydrogen (secondary N) is 1. The SMILES string of the molecule is Nc1cc(C(F)(F)F)ccc1NC(=O)c1ccc(Cl)s1. The molecule has 1 aromatic heterocycles. The molecule has 0 saturated heterocycles. The Morgan fingerprint density at radius 1 is 1.25 bits per heavy atom. The van der Waals surface area contributed by atoms with Crippen LogP contribution in [0.25, 0.3) is 0 Å². The van der Waals surface area contributed by atoms with E-state index in [1.165, 1.54) is 6.07 Å². The number of halogens is 4. The molecule has 0 aliphatic rings. The van der Waals surface area contributed by atoms with Crippen molar-refractivity contribution in [3.63, 3.8) is 0 Å². The molecule has 8 heteroatoms. The minimum absolute atomic E-state index is 0.118. The molecule has 1 heterocycles. The summed E-state index contributed by atoms with van der Waals surface area (Å²) in [4.78, 5) is 12.2. The van der Waals surface area contributed by atoms with Gasteiger partial charge >= 0.3 is 6.18 Å². The summed E-state index contributed by atoms with van der Waals surface area (Å²) in [5, 5.41) is 2.44. The molecule has 3 N–H and O–H groups in total. The third kappa shape index (κ3) is 3.23. The van der Waals surface area contributed by atoms with Gasteiger partial charge in [0.2, 0.25) is 0 Å². The molecule has 1 amide bonds. The minimum Gasteiger partial charge on any atom is -0.397 e. The molecule has 0 spiro atoms. The average molecular weight is 321 g/mol. The monoisotopic (exact) mass is 320 g/mol. The number of nitrogens with two attached hydrogens (primary N) is 1. The van der Waals surface area contributed by atoms with Gasteiger partial charge in [-0.25, -0.2) is 0 Å². The second kappa shape index (κ2) is 5.34. The number of hydrogen-bond acceptors (Lipinski definition) is 3. The summed E-state index contributed by atoms with van der Waals surface area (Å²) >= 11 is 6.76. The Hall–Kier alpha value is -1.73. The lowest BCUT2D eigenvalue weighted by molar-refractivity contribution is -0.137. The highest BCUT2D eigenvalue weighted by atomic mass is 35.5. The molecule has 3 nitrogen and oxygen atoms in total. The second-order valence-electron chi connectivity index (χ2n) is 3.86. The Bertz CT molecular complexity index is 654. The zero-order chi connectivity index (χ0) is 14.9. The van der Waals surface area contributed by atoms with Gasteiger partial charge in [0.1, 0.15) is 0 Å². The van der Waals surface area contributed by atoms with Crippen molar-refractivity contribution in [2.24, 2.45) is 0 Å². The third-order valence-electron chi connectivity index (χ3n) is 2.42. The van der Waals surface area contributed by atoms with Crippen molar-refractivity contribution in [3.05, 3.63) is 45.1 Å². The lowest BCUT2D eigenvalue weighted by Crippen LogP contribution is -2.13. The third-order valence-corrected chi connectivity index (χ3v) is 3.65. The van der Waals surface area contributed by atoms with Gasteiger partial charge in [-0.15, -0.1) is 11.3 Å². The molecule has 0 saturated carbocycles. The zero-order valence-corrected chi connectivity index (χ0v) is 11.4. The number of amides is 1. The molecule has 0 fully saturated rings. The first-order valence-electron chi connectivity index (χ1n) is 5.31. The van der Waals surface area contributed by atoms with Crippen molar-refractivity contribution in [1.82, 2.24) is 0 Å². The molecular formula is C12H8ClF3N2OS. The molecule has 2 aromatic rings. The number of nitrogen functional groups attached to an aromatic ring is 1. The predicted molar refractivity (Wildman–Crippen MR) is 73.1 cm³/mol.